The minimum absolute atomic E-state index is 0.0715. The van der Waals surface area contributed by atoms with Gasteiger partial charge in [-0.3, -0.25) is 9.59 Å². The maximum atomic E-state index is 13.0. The molecule has 1 aromatic heterocycles. The second-order valence-corrected chi connectivity index (χ2v) is 9.85. The highest BCUT2D eigenvalue weighted by Gasteiger charge is 2.33. The SMILES string of the molecule is CC(=O)c1cccc(S(=O)(=O)N2CCC(C(=O)OCc3nc(N)c4ccccc4n3)CC2)c1. The third kappa shape index (κ3) is 4.86. The van der Waals surface area contributed by atoms with Gasteiger partial charge in [-0.1, -0.05) is 24.3 Å². The molecule has 1 aliphatic rings. The van der Waals surface area contributed by atoms with Gasteiger partial charge in [0.15, 0.2) is 18.2 Å². The molecule has 0 spiro atoms. The Balaban J connectivity index is 1.36. The number of ether oxygens (including phenoxy) is 1. The highest BCUT2D eigenvalue weighted by molar-refractivity contribution is 7.89. The average Bonchev–Trinajstić information content (AvgIpc) is 2.82. The lowest BCUT2D eigenvalue weighted by Crippen LogP contribution is -2.40. The summed E-state index contributed by atoms with van der Waals surface area (Å²) >= 11 is 0. The normalized spacial score (nSPS) is 15.4. The number of sulfonamides is 1. The molecule has 0 aliphatic carbocycles. The van der Waals surface area contributed by atoms with E-state index in [0.717, 1.165) is 5.39 Å². The molecule has 10 heteroatoms. The number of hydrogen-bond donors (Lipinski definition) is 1. The number of nitrogen functional groups attached to an aromatic ring is 1. The zero-order valence-corrected chi connectivity index (χ0v) is 18.9. The number of esters is 1. The minimum Gasteiger partial charge on any atom is -0.457 e. The smallest absolute Gasteiger partial charge is 0.309 e. The Hall–Kier alpha value is -3.37. The highest BCUT2D eigenvalue weighted by Crippen LogP contribution is 2.26. The van der Waals surface area contributed by atoms with Crippen molar-refractivity contribution in [2.75, 3.05) is 18.8 Å². The fourth-order valence-corrected chi connectivity index (χ4v) is 5.34. The van der Waals surface area contributed by atoms with E-state index in [1.807, 2.05) is 18.2 Å². The number of Topliss-reactive ketones (excluding diaryl/α,β-unsaturated/α-hetero) is 1. The minimum atomic E-state index is -3.75. The first-order valence-corrected chi connectivity index (χ1v) is 12.0. The van der Waals surface area contributed by atoms with E-state index in [1.54, 1.807) is 18.2 Å². The van der Waals surface area contributed by atoms with E-state index in [-0.39, 0.29) is 30.4 Å². The van der Waals surface area contributed by atoms with Crippen LogP contribution in [0.25, 0.3) is 10.9 Å². The number of carbonyl (C=O) groups excluding carboxylic acids is 2. The Morgan fingerprint density at radius 1 is 1.09 bits per heavy atom. The lowest BCUT2D eigenvalue weighted by Gasteiger charge is -2.30. The number of nitrogens with zero attached hydrogens (tertiary/aromatic N) is 3. The van der Waals surface area contributed by atoms with Crippen molar-refractivity contribution in [1.29, 1.82) is 0 Å². The number of para-hydroxylation sites is 1. The number of benzene rings is 2. The van der Waals surface area contributed by atoms with Gasteiger partial charge in [0, 0.05) is 24.0 Å². The molecule has 0 radical (unpaired) electrons. The Labute approximate surface area is 191 Å². The molecule has 0 saturated carbocycles. The van der Waals surface area contributed by atoms with Gasteiger partial charge in [-0.25, -0.2) is 18.4 Å². The Kier molecular flexibility index (Phi) is 6.39. The summed E-state index contributed by atoms with van der Waals surface area (Å²) in [7, 11) is -3.75. The summed E-state index contributed by atoms with van der Waals surface area (Å²) in [6.07, 6.45) is 0.677. The molecule has 33 heavy (non-hydrogen) atoms. The molecule has 0 amide bonds. The van der Waals surface area contributed by atoms with Crippen molar-refractivity contribution >= 4 is 38.5 Å². The number of nitrogens with two attached hydrogens (primary N) is 1. The molecule has 4 rings (SSSR count). The quantitative estimate of drug-likeness (QED) is 0.431. The number of anilines is 1. The van der Waals surface area contributed by atoms with E-state index in [9.17, 15) is 18.0 Å². The fourth-order valence-electron chi connectivity index (χ4n) is 3.83. The zero-order valence-electron chi connectivity index (χ0n) is 18.1. The van der Waals surface area contributed by atoms with E-state index < -0.39 is 21.9 Å². The Morgan fingerprint density at radius 3 is 2.55 bits per heavy atom. The number of fused-ring (bicyclic) bond motifs is 1. The highest BCUT2D eigenvalue weighted by atomic mass is 32.2. The van der Waals surface area contributed by atoms with Crippen LogP contribution in [0.1, 0.15) is 35.9 Å². The summed E-state index contributed by atoms with van der Waals surface area (Å²) in [5, 5.41) is 0.731. The van der Waals surface area contributed by atoms with Crippen LogP contribution in [0, 0.1) is 5.92 Å². The summed E-state index contributed by atoms with van der Waals surface area (Å²) in [5.41, 5.74) is 6.97. The van der Waals surface area contributed by atoms with Crippen molar-refractivity contribution in [3.63, 3.8) is 0 Å². The van der Waals surface area contributed by atoms with Gasteiger partial charge in [0.1, 0.15) is 5.82 Å². The van der Waals surface area contributed by atoms with E-state index in [1.165, 1.54) is 23.4 Å². The molecule has 0 bridgehead atoms. The Bertz CT molecular complexity index is 1320. The van der Waals surface area contributed by atoms with Gasteiger partial charge in [0.25, 0.3) is 0 Å². The summed E-state index contributed by atoms with van der Waals surface area (Å²) < 4.78 is 32.6. The molecule has 3 aromatic rings. The van der Waals surface area contributed by atoms with Crippen molar-refractivity contribution in [2.24, 2.45) is 5.92 Å². The van der Waals surface area contributed by atoms with Gasteiger partial charge in [-0.15, -0.1) is 0 Å². The second-order valence-electron chi connectivity index (χ2n) is 7.91. The van der Waals surface area contributed by atoms with Crippen LogP contribution in [0.15, 0.2) is 53.4 Å². The zero-order chi connectivity index (χ0) is 23.6. The topological polar surface area (TPSA) is 133 Å². The summed E-state index contributed by atoms with van der Waals surface area (Å²) in [6.45, 7) is 1.65. The van der Waals surface area contributed by atoms with Gasteiger partial charge in [-0.2, -0.15) is 4.31 Å². The number of aromatic nitrogens is 2. The molecular weight excluding hydrogens is 444 g/mol. The van der Waals surface area contributed by atoms with Crippen LogP contribution in [0.4, 0.5) is 5.82 Å². The first-order valence-electron chi connectivity index (χ1n) is 10.5. The van der Waals surface area contributed by atoms with Gasteiger partial charge in [0.2, 0.25) is 10.0 Å². The molecule has 0 atom stereocenters. The molecule has 0 unspecified atom stereocenters. The molecule has 172 valence electrons. The molecule has 2 heterocycles. The lowest BCUT2D eigenvalue weighted by atomic mass is 9.98. The summed E-state index contributed by atoms with van der Waals surface area (Å²) in [6, 6.07) is 13.3. The van der Waals surface area contributed by atoms with Gasteiger partial charge < -0.3 is 10.5 Å². The molecule has 2 aromatic carbocycles. The Morgan fingerprint density at radius 2 is 1.82 bits per heavy atom. The van der Waals surface area contributed by atoms with Crippen molar-refractivity contribution in [1.82, 2.24) is 14.3 Å². The van der Waals surface area contributed by atoms with Crippen molar-refractivity contribution in [3.05, 3.63) is 59.9 Å². The maximum Gasteiger partial charge on any atom is 0.309 e. The fraction of sp³-hybridized carbons (Fsp3) is 0.304. The average molecular weight is 469 g/mol. The third-order valence-electron chi connectivity index (χ3n) is 5.69. The maximum absolute atomic E-state index is 13.0. The van der Waals surface area contributed by atoms with E-state index in [2.05, 4.69) is 9.97 Å². The first kappa shape index (κ1) is 22.8. The molecular formula is C23H24N4O5S. The molecule has 1 fully saturated rings. The molecule has 2 N–H and O–H groups in total. The number of rotatable bonds is 6. The van der Waals surface area contributed by atoms with Crippen molar-refractivity contribution in [3.8, 4) is 0 Å². The van der Waals surface area contributed by atoms with Crippen LogP contribution in [-0.4, -0.2) is 47.5 Å². The monoisotopic (exact) mass is 468 g/mol. The van der Waals surface area contributed by atoms with Crippen molar-refractivity contribution in [2.45, 2.75) is 31.3 Å². The van der Waals surface area contributed by atoms with E-state index in [0.29, 0.717) is 35.6 Å². The van der Waals surface area contributed by atoms with Crippen LogP contribution >= 0.6 is 0 Å². The molecule has 9 nitrogen and oxygen atoms in total. The van der Waals surface area contributed by atoms with E-state index in [4.69, 9.17) is 10.5 Å². The van der Waals surface area contributed by atoms with Crippen LogP contribution in [-0.2, 0) is 26.2 Å². The van der Waals surface area contributed by atoms with Crippen LogP contribution in [0.5, 0.6) is 0 Å². The van der Waals surface area contributed by atoms with Gasteiger partial charge >= 0.3 is 5.97 Å². The summed E-state index contributed by atoms with van der Waals surface area (Å²) in [5.74, 6) is -0.409. The van der Waals surface area contributed by atoms with Gasteiger partial charge in [0.05, 0.1) is 16.3 Å². The van der Waals surface area contributed by atoms with Crippen LogP contribution in [0.3, 0.4) is 0 Å². The van der Waals surface area contributed by atoms with Crippen LogP contribution < -0.4 is 5.73 Å². The largest absolute Gasteiger partial charge is 0.457 e. The number of carbonyl (C=O) groups is 2. The first-order chi connectivity index (χ1) is 15.8. The number of hydrogen-bond acceptors (Lipinski definition) is 8. The predicted molar refractivity (Wildman–Crippen MR) is 122 cm³/mol. The summed E-state index contributed by atoms with van der Waals surface area (Å²) in [4.78, 5) is 32.8. The lowest BCUT2D eigenvalue weighted by molar-refractivity contribution is -0.151. The standard InChI is InChI=1S/C23H24N4O5S/c1-15(28)17-5-4-6-18(13-17)33(30,31)27-11-9-16(10-12-27)23(29)32-14-21-25-20-8-3-2-7-19(20)22(24)26-21/h2-8,13,16H,9-12,14H2,1H3,(H2,24,25,26). The van der Waals surface area contributed by atoms with Gasteiger partial charge in [-0.05, 0) is 44.0 Å². The molecule has 1 aliphatic heterocycles. The van der Waals surface area contributed by atoms with Crippen molar-refractivity contribution < 1.29 is 22.7 Å². The van der Waals surface area contributed by atoms with Crippen LogP contribution in [0.2, 0.25) is 0 Å². The molecule has 1 saturated heterocycles. The second kappa shape index (κ2) is 9.24. The number of ketones is 1. The number of piperidine rings is 1. The van der Waals surface area contributed by atoms with E-state index >= 15 is 0 Å². The predicted octanol–water partition coefficient (Wildman–Crippen LogP) is 2.56. The third-order valence-corrected chi connectivity index (χ3v) is 7.58.